The molecule has 1 aromatic carbocycles. The monoisotopic (exact) mass is 250 g/mol. The highest BCUT2D eigenvalue weighted by atomic mass is 16.5. The van der Waals surface area contributed by atoms with Crippen LogP contribution in [0.3, 0.4) is 0 Å². The van der Waals surface area contributed by atoms with Gasteiger partial charge < -0.3 is 15.6 Å². The lowest BCUT2D eigenvalue weighted by atomic mass is 10.1. The molecule has 1 saturated heterocycles. The van der Waals surface area contributed by atoms with Crippen molar-refractivity contribution in [3.8, 4) is 5.75 Å². The van der Waals surface area contributed by atoms with Gasteiger partial charge in [0.05, 0.1) is 12.7 Å². The molecule has 3 N–H and O–H groups in total. The molecule has 100 valence electrons. The number of likely N-dealkylation sites (tertiary alicyclic amines) is 1. The third kappa shape index (κ3) is 3.02. The lowest BCUT2D eigenvalue weighted by Crippen LogP contribution is -2.29. The number of rotatable bonds is 4. The number of ether oxygens (including phenoxy) is 1. The van der Waals surface area contributed by atoms with Crippen molar-refractivity contribution in [2.24, 2.45) is 5.73 Å². The molecular formula is C14H22N2O2. The molecule has 4 heteroatoms. The van der Waals surface area contributed by atoms with Crippen LogP contribution in [0.2, 0.25) is 0 Å². The molecule has 18 heavy (non-hydrogen) atoms. The van der Waals surface area contributed by atoms with Crippen molar-refractivity contribution in [1.29, 1.82) is 0 Å². The summed E-state index contributed by atoms with van der Waals surface area (Å²) in [6.45, 7) is 4.86. The van der Waals surface area contributed by atoms with Crippen LogP contribution in [-0.2, 0) is 13.1 Å². The minimum absolute atomic E-state index is 0.536. The number of β-amino-alcohol motifs (C(OH)–C–C–N with tert-alkyl or cyclic N) is 1. The zero-order valence-electron chi connectivity index (χ0n) is 11.1. The first kappa shape index (κ1) is 13.3. The summed E-state index contributed by atoms with van der Waals surface area (Å²) < 4.78 is 5.38. The summed E-state index contributed by atoms with van der Waals surface area (Å²) in [5, 5.41) is 9.98. The smallest absolute Gasteiger partial charge is 0.123 e. The summed E-state index contributed by atoms with van der Waals surface area (Å²) in [4.78, 5) is 2.25. The van der Waals surface area contributed by atoms with Gasteiger partial charge in [0, 0.05) is 31.7 Å². The van der Waals surface area contributed by atoms with Crippen molar-refractivity contribution < 1.29 is 9.84 Å². The van der Waals surface area contributed by atoms with Crippen LogP contribution in [0.25, 0.3) is 0 Å². The average Bonchev–Trinajstić information content (AvgIpc) is 2.68. The standard InChI is InChI=1S/C14H22N2O2/c1-14(17)5-6-16(10-14)9-12-7-11(8-15)3-4-13(12)18-2/h3-4,7,17H,5-6,8-10,15H2,1-2H3. The van der Waals surface area contributed by atoms with E-state index in [0.717, 1.165) is 36.4 Å². The van der Waals surface area contributed by atoms with Crippen molar-refractivity contribution in [3.63, 3.8) is 0 Å². The first-order chi connectivity index (χ1) is 8.54. The number of nitrogens with zero attached hydrogens (tertiary/aromatic N) is 1. The molecule has 1 fully saturated rings. The second-order valence-electron chi connectivity index (χ2n) is 5.31. The average molecular weight is 250 g/mol. The summed E-state index contributed by atoms with van der Waals surface area (Å²) >= 11 is 0. The summed E-state index contributed by atoms with van der Waals surface area (Å²) in [6, 6.07) is 6.04. The SMILES string of the molecule is COc1ccc(CN)cc1CN1CCC(C)(O)C1. The van der Waals surface area contributed by atoms with Crippen molar-refractivity contribution >= 4 is 0 Å². The van der Waals surface area contributed by atoms with Gasteiger partial charge in [0.15, 0.2) is 0 Å². The second kappa shape index (κ2) is 5.26. The first-order valence-corrected chi connectivity index (χ1v) is 6.35. The van der Waals surface area contributed by atoms with Crippen LogP contribution < -0.4 is 10.5 Å². The van der Waals surface area contributed by atoms with Gasteiger partial charge in [-0.3, -0.25) is 4.90 Å². The molecule has 1 atom stereocenters. The molecule has 0 aliphatic carbocycles. The summed E-state index contributed by atoms with van der Waals surface area (Å²) in [7, 11) is 1.68. The van der Waals surface area contributed by atoms with Crippen molar-refractivity contribution in [2.45, 2.75) is 32.0 Å². The predicted octanol–water partition coefficient (Wildman–Crippen LogP) is 1.11. The summed E-state index contributed by atoms with van der Waals surface area (Å²) in [5.41, 5.74) is 7.36. The minimum atomic E-state index is -0.557. The molecule has 0 spiro atoms. The van der Waals surface area contributed by atoms with Gasteiger partial charge in [0.25, 0.3) is 0 Å². The molecule has 0 radical (unpaired) electrons. The van der Waals surface area contributed by atoms with Crippen LogP contribution in [0.1, 0.15) is 24.5 Å². The van der Waals surface area contributed by atoms with Crippen molar-refractivity contribution in [3.05, 3.63) is 29.3 Å². The zero-order chi connectivity index (χ0) is 13.2. The fourth-order valence-corrected chi connectivity index (χ4v) is 2.50. The van der Waals surface area contributed by atoms with Gasteiger partial charge in [-0.1, -0.05) is 6.07 Å². The molecule has 2 rings (SSSR count). The van der Waals surface area contributed by atoms with E-state index in [2.05, 4.69) is 11.0 Å². The molecule has 1 aliphatic rings. The number of aliphatic hydroxyl groups is 1. The van der Waals surface area contributed by atoms with Crippen molar-refractivity contribution in [1.82, 2.24) is 4.90 Å². The molecule has 0 saturated carbocycles. The van der Waals surface area contributed by atoms with Gasteiger partial charge in [-0.25, -0.2) is 0 Å². The molecule has 0 aromatic heterocycles. The van der Waals surface area contributed by atoms with E-state index in [4.69, 9.17) is 10.5 Å². The molecule has 1 heterocycles. The highest BCUT2D eigenvalue weighted by molar-refractivity contribution is 5.37. The normalized spacial score (nSPS) is 24.4. The molecule has 0 bridgehead atoms. The Labute approximate surface area is 108 Å². The van der Waals surface area contributed by atoms with E-state index in [0.29, 0.717) is 13.1 Å². The van der Waals surface area contributed by atoms with Gasteiger partial charge in [-0.2, -0.15) is 0 Å². The van der Waals surface area contributed by atoms with Gasteiger partial charge in [-0.15, -0.1) is 0 Å². The van der Waals surface area contributed by atoms with E-state index in [1.165, 1.54) is 0 Å². The maximum absolute atomic E-state index is 9.98. The Hall–Kier alpha value is -1.10. The van der Waals surface area contributed by atoms with E-state index >= 15 is 0 Å². The van der Waals surface area contributed by atoms with Crippen LogP contribution in [0.5, 0.6) is 5.75 Å². The maximum atomic E-state index is 9.98. The maximum Gasteiger partial charge on any atom is 0.123 e. The van der Waals surface area contributed by atoms with Crippen LogP contribution in [-0.4, -0.2) is 35.8 Å². The lowest BCUT2D eigenvalue weighted by Gasteiger charge is -2.20. The van der Waals surface area contributed by atoms with Gasteiger partial charge in [-0.05, 0) is 31.0 Å². The number of hydrogen-bond acceptors (Lipinski definition) is 4. The number of nitrogens with two attached hydrogens (primary N) is 1. The van der Waals surface area contributed by atoms with Gasteiger partial charge in [0.1, 0.15) is 5.75 Å². The van der Waals surface area contributed by atoms with E-state index < -0.39 is 5.60 Å². The molecule has 0 amide bonds. The minimum Gasteiger partial charge on any atom is -0.496 e. The van der Waals surface area contributed by atoms with Crippen LogP contribution in [0.15, 0.2) is 18.2 Å². The Bertz CT molecular complexity index is 418. The quantitative estimate of drug-likeness (QED) is 0.840. The first-order valence-electron chi connectivity index (χ1n) is 6.35. The fourth-order valence-electron chi connectivity index (χ4n) is 2.50. The topological polar surface area (TPSA) is 58.7 Å². The zero-order valence-corrected chi connectivity index (χ0v) is 11.1. The Morgan fingerprint density at radius 1 is 1.50 bits per heavy atom. The molecule has 4 nitrogen and oxygen atoms in total. The number of benzene rings is 1. The van der Waals surface area contributed by atoms with E-state index in [1.54, 1.807) is 7.11 Å². The third-order valence-electron chi connectivity index (χ3n) is 3.51. The molecule has 1 aliphatic heterocycles. The van der Waals surface area contributed by atoms with E-state index in [9.17, 15) is 5.11 Å². The summed E-state index contributed by atoms with van der Waals surface area (Å²) in [6.07, 6.45) is 0.825. The molecule has 1 aromatic rings. The predicted molar refractivity (Wildman–Crippen MR) is 71.4 cm³/mol. The van der Waals surface area contributed by atoms with Crippen LogP contribution >= 0.6 is 0 Å². The molecule has 1 unspecified atom stereocenters. The fraction of sp³-hybridized carbons (Fsp3) is 0.571. The van der Waals surface area contributed by atoms with E-state index in [1.807, 2.05) is 19.1 Å². The Balaban J connectivity index is 2.12. The summed E-state index contributed by atoms with van der Waals surface area (Å²) in [5.74, 6) is 0.888. The highest BCUT2D eigenvalue weighted by Crippen LogP contribution is 2.26. The van der Waals surface area contributed by atoms with Crippen LogP contribution in [0, 0.1) is 0 Å². The van der Waals surface area contributed by atoms with Crippen molar-refractivity contribution in [2.75, 3.05) is 20.2 Å². The third-order valence-corrected chi connectivity index (χ3v) is 3.51. The Morgan fingerprint density at radius 3 is 2.83 bits per heavy atom. The Morgan fingerprint density at radius 2 is 2.28 bits per heavy atom. The van der Waals surface area contributed by atoms with E-state index in [-0.39, 0.29) is 0 Å². The lowest BCUT2D eigenvalue weighted by molar-refractivity contribution is 0.0678. The number of methoxy groups -OCH3 is 1. The highest BCUT2D eigenvalue weighted by Gasteiger charge is 2.31. The molecular weight excluding hydrogens is 228 g/mol. The number of hydrogen-bond donors (Lipinski definition) is 2. The van der Waals surface area contributed by atoms with Gasteiger partial charge >= 0.3 is 0 Å². The van der Waals surface area contributed by atoms with Crippen LogP contribution in [0.4, 0.5) is 0 Å². The second-order valence-corrected chi connectivity index (χ2v) is 5.31. The largest absolute Gasteiger partial charge is 0.496 e. The Kier molecular flexibility index (Phi) is 3.90. The van der Waals surface area contributed by atoms with Gasteiger partial charge in [0.2, 0.25) is 0 Å².